The molecule has 0 spiro atoms. The van der Waals surface area contributed by atoms with Gasteiger partial charge in [0.05, 0.1) is 0 Å². The van der Waals surface area contributed by atoms with Gasteiger partial charge in [0.2, 0.25) is 5.91 Å². The molecule has 1 amide bonds. The number of nitrogens with one attached hydrogen (secondary N) is 1. The summed E-state index contributed by atoms with van der Waals surface area (Å²) in [7, 11) is 0. The van der Waals surface area contributed by atoms with Gasteiger partial charge in [0.15, 0.2) is 0 Å². The van der Waals surface area contributed by atoms with Crippen molar-refractivity contribution in [2.24, 2.45) is 11.8 Å². The van der Waals surface area contributed by atoms with Crippen LogP contribution in [0.25, 0.3) is 0 Å². The third-order valence-corrected chi connectivity index (χ3v) is 2.29. The van der Waals surface area contributed by atoms with Crippen LogP contribution in [0.4, 0.5) is 0 Å². The van der Waals surface area contributed by atoms with E-state index in [4.69, 9.17) is 5.11 Å². The Morgan fingerprint density at radius 1 is 1.29 bits per heavy atom. The highest BCUT2D eigenvalue weighted by atomic mass is 16.4. The minimum atomic E-state index is -0.975. The van der Waals surface area contributed by atoms with E-state index in [-0.39, 0.29) is 17.7 Å². The average molecular weight is 201 g/mol. The molecule has 0 fully saturated rings. The van der Waals surface area contributed by atoms with Gasteiger partial charge in [-0.1, -0.05) is 27.7 Å². The molecule has 4 nitrogen and oxygen atoms in total. The second-order valence-electron chi connectivity index (χ2n) is 3.88. The van der Waals surface area contributed by atoms with Crippen LogP contribution in [0.15, 0.2) is 0 Å². The van der Waals surface area contributed by atoms with Gasteiger partial charge in [-0.3, -0.25) is 4.79 Å². The van der Waals surface area contributed by atoms with Crippen molar-refractivity contribution in [2.75, 3.05) is 0 Å². The zero-order valence-electron chi connectivity index (χ0n) is 9.20. The van der Waals surface area contributed by atoms with Crippen molar-refractivity contribution in [1.29, 1.82) is 0 Å². The molecule has 0 saturated heterocycles. The molecule has 82 valence electrons. The topological polar surface area (TPSA) is 66.4 Å². The molecule has 0 heterocycles. The smallest absolute Gasteiger partial charge is 0.326 e. The summed E-state index contributed by atoms with van der Waals surface area (Å²) in [6.07, 6.45) is 0.719. The maximum atomic E-state index is 11.4. The number of hydrogen-bond donors (Lipinski definition) is 2. The lowest BCUT2D eigenvalue weighted by molar-refractivity contribution is -0.143. The fourth-order valence-corrected chi connectivity index (χ4v) is 0.994. The van der Waals surface area contributed by atoms with Gasteiger partial charge in [0, 0.05) is 5.92 Å². The Labute approximate surface area is 84.7 Å². The maximum Gasteiger partial charge on any atom is 0.326 e. The zero-order chi connectivity index (χ0) is 11.3. The first-order valence-electron chi connectivity index (χ1n) is 4.93. The van der Waals surface area contributed by atoms with Crippen LogP contribution in [0.1, 0.15) is 34.1 Å². The van der Waals surface area contributed by atoms with Gasteiger partial charge in [-0.05, 0) is 12.3 Å². The van der Waals surface area contributed by atoms with Crippen LogP contribution in [0.2, 0.25) is 0 Å². The standard InChI is InChI=1S/C10H19NO3/c1-5-7(4)9(12)11-8(6(2)3)10(13)14/h6-8H,5H2,1-4H3,(H,11,12)(H,13,14)/t7?,8-/m1/s1. The molecule has 0 aromatic carbocycles. The lowest BCUT2D eigenvalue weighted by atomic mass is 10.0. The van der Waals surface area contributed by atoms with E-state index in [2.05, 4.69) is 5.32 Å². The van der Waals surface area contributed by atoms with Crippen molar-refractivity contribution < 1.29 is 14.7 Å². The summed E-state index contributed by atoms with van der Waals surface area (Å²) in [6, 6.07) is -0.781. The first-order valence-corrected chi connectivity index (χ1v) is 4.93. The van der Waals surface area contributed by atoms with Crippen molar-refractivity contribution in [2.45, 2.75) is 40.2 Å². The number of carbonyl (C=O) groups is 2. The maximum absolute atomic E-state index is 11.4. The Balaban J connectivity index is 4.31. The molecule has 0 aromatic rings. The highest BCUT2D eigenvalue weighted by molar-refractivity contribution is 5.84. The van der Waals surface area contributed by atoms with Crippen molar-refractivity contribution in [3.8, 4) is 0 Å². The Bertz CT molecular complexity index is 213. The van der Waals surface area contributed by atoms with Crippen LogP contribution >= 0.6 is 0 Å². The Hall–Kier alpha value is -1.06. The molecule has 0 aliphatic rings. The molecule has 14 heavy (non-hydrogen) atoms. The summed E-state index contributed by atoms with van der Waals surface area (Å²) < 4.78 is 0. The molecule has 0 bridgehead atoms. The number of carboxylic acids is 1. The van der Waals surface area contributed by atoms with Gasteiger partial charge < -0.3 is 10.4 Å². The Morgan fingerprint density at radius 3 is 2.07 bits per heavy atom. The van der Waals surface area contributed by atoms with Gasteiger partial charge in [0.25, 0.3) is 0 Å². The van der Waals surface area contributed by atoms with Crippen LogP contribution in [0.3, 0.4) is 0 Å². The predicted octanol–water partition coefficient (Wildman–Crippen LogP) is 1.26. The number of carboxylic acid groups (broad SMARTS) is 1. The third-order valence-electron chi connectivity index (χ3n) is 2.29. The van der Waals surface area contributed by atoms with Crippen molar-refractivity contribution in [3.05, 3.63) is 0 Å². The van der Waals surface area contributed by atoms with Gasteiger partial charge in [-0.25, -0.2) is 4.79 Å². The average Bonchev–Trinajstić information content (AvgIpc) is 2.11. The van der Waals surface area contributed by atoms with Crippen LogP contribution in [0.5, 0.6) is 0 Å². The van der Waals surface area contributed by atoms with E-state index in [0.717, 1.165) is 6.42 Å². The Kier molecular flexibility index (Phi) is 5.20. The fourth-order valence-electron chi connectivity index (χ4n) is 0.994. The normalized spacial score (nSPS) is 14.9. The molecule has 1 unspecified atom stereocenters. The van der Waals surface area contributed by atoms with Crippen LogP contribution in [-0.4, -0.2) is 23.0 Å². The molecule has 0 saturated carbocycles. The SMILES string of the molecule is CCC(C)C(=O)N[C@@H](C(=O)O)C(C)C. The van der Waals surface area contributed by atoms with Gasteiger partial charge in [0.1, 0.15) is 6.04 Å². The number of aliphatic carboxylic acids is 1. The molecule has 2 atom stereocenters. The minimum Gasteiger partial charge on any atom is -0.480 e. The summed E-state index contributed by atoms with van der Waals surface area (Å²) in [4.78, 5) is 22.2. The second-order valence-corrected chi connectivity index (χ2v) is 3.88. The third kappa shape index (κ3) is 3.77. The number of amides is 1. The highest BCUT2D eigenvalue weighted by Gasteiger charge is 2.24. The number of hydrogen-bond acceptors (Lipinski definition) is 2. The van der Waals surface area contributed by atoms with Crippen LogP contribution in [0, 0.1) is 11.8 Å². The molecule has 4 heteroatoms. The summed E-state index contributed by atoms with van der Waals surface area (Å²) in [6.45, 7) is 7.23. The first-order chi connectivity index (χ1) is 6.40. The lowest BCUT2D eigenvalue weighted by Crippen LogP contribution is -2.46. The van der Waals surface area contributed by atoms with E-state index in [9.17, 15) is 9.59 Å². The zero-order valence-corrected chi connectivity index (χ0v) is 9.20. The van der Waals surface area contributed by atoms with E-state index in [1.165, 1.54) is 0 Å². The van der Waals surface area contributed by atoms with E-state index < -0.39 is 12.0 Å². The molecule has 0 aromatic heterocycles. The molecule has 0 radical (unpaired) electrons. The summed E-state index contributed by atoms with van der Waals surface area (Å²) in [5.41, 5.74) is 0. The van der Waals surface area contributed by atoms with Crippen molar-refractivity contribution >= 4 is 11.9 Å². The van der Waals surface area contributed by atoms with Crippen LogP contribution in [-0.2, 0) is 9.59 Å². The highest BCUT2D eigenvalue weighted by Crippen LogP contribution is 2.05. The van der Waals surface area contributed by atoms with Crippen molar-refractivity contribution in [1.82, 2.24) is 5.32 Å². The molecular formula is C10H19NO3. The monoisotopic (exact) mass is 201 g/mol. The van der Waals surface area contributed by atoms with Crippen LogP contribution < -0.4 is 5.32 Å². The molecule has 0 aliphatic carbocycles. The van der Waals surface area contributed by atoms with E-state index in [1.54, 1.807) is 20.8 Å². The van der Waals surface area contributed by atoms with E-state index in [0.29, 0.717) is 0 Å². The first kappa shape index (κ1) is 12.9. The van der Waals surface area contributed by atoms with Gasteiger partial charge in [-0.15, -0.1) is 0 Å². The number of carbonyl (C=O) groups excluding carboxylic acids is 1. The summed E-state index contributed by atoms with van der Waals surface area (Å²) >= 11 is 0. The largest absolute Gasteiger partial charge is 0.480 e. The quantitative estimate of drug-likeness (QED) is 0.703. The molecular weight excluding hydrogens is 182 g/mol. The fraction of sp³-hybridized carbons (Fsp3) is 0.800. The molecule has 2 N–H and O–H groups in total. The summed E-state index contributed by atoms with van der Waals surface area (Å²) in [5, 5.41) is 11.4. The minimum absolute atomic E-state index is 0.0968. The second kappa shape index (κ2) is 5.62. The van der Waals surface area contributed by atoms with Gasteiger partial charge >= 0.3 is 5.97 Å². The number of rotatable bonds is 5. The predicted molar refractivity (Wildman–Crippen MR) is 53.9 cm³/mol. The van der Waals surface area contributed by atoms with Gasteiger partial charge in [-0.2, -0.15) is 0 Å². The molecule has 0 rings (SSSR count). The van der Waals surface area contributed by atoms with E-state index >= 15 is 0 Å². The lowest BCUT2D eigenvalue weighted by Gasteiger charge is -2.19. The van der Waals surface area contributed by atoms with Crippen molar-refractivity contribution in [3.63, 3.8) is 0 Å². The Morgan fingerprint density at radius 2 is 1.79 bits per heavy atom. The summed E-state index contributed by atoms with van der Waals surface area (Å²) in [5.74, 6) is -1.39. The molecule has 0 aliphatic heterocycles. The van der Waals surface area contributed by atoms with E-state index in [1.807, 2.05) is 6.92 Å².